The van der Waals surface area contributed by atoms with E-state index < -0.39 is 0 Å². The number of carbonyl (C=O) groups excluding carboxylic acids is 1. The molecule has 0 amide bonds. The van der Waals surface area contributed by atoms with Crippen LogP contribution >= 0.6 is 0 Å². The van der Waals surface area contributed by atoms with Gasteiger partial charge in [-0.05, 0) is 18.3 Å². The highest BCUT2D eigenvalue weighted by molar-refractivity contribution is 6.24. The Kier molecular flexibility index (Phi) is 6.14. The summed E-state index contributed by atoms with van der Waals surface area (Å²) in [5, 5.41) is 0. The summed E-state index contributed by atoms with van der Waals surface area (Å²) in [4.78, 5) is 22.1. The summed E-state index contributed by atoms with van der Waals surface area (Å²) in [7, 11) is 1.75. The molecule has 20 heavy (non-hydrogen) atoms. The zero-order valence-corrected chi connectivity index (χ0v) is 13.1. The lowest BCUT2D eigenvalue weighted by Crippen LogP contribution is -2.34. The highest BCUT2D eigenvalue weighted by Crippen LogP contribution is 2.35. The van der Waals surface area contributed by atoms with Crippen LogP contribution in [0.25, 0.3) is 0 Å². The number of hydroxylamine groups is 1. The minimum atomic E-state index is -0.0191. The Morgan fingerprint density at radius 1 is 1.50 bits per heavy atom. The molecule has 0 aromatic heterocycles. The Bertz CT molecular complexity index is 434. The SMILES string of the molecule is C=CCON/C(CCC)=C1\C(=O)CC(C)(C)CC1=NC. The molecule has 1 aliphatic carbocycles. The van der Waals surface area contributed by atoms with Crippen molar-refractivity contribution in [2.75, 3.05) is 13.7 Å². The smallest absolute Gasteiger partial charge is 0.167 e. The highest BCUT2D eigenvalue weighted by Gasteiger charge is 2.35. The fraction of sp³-hybridized carbons (Fsp3) is 0.625. The van der Waals surface area contributed by atoms with Gasteiger partial charge in [0.25, 0.3) is 0 Å². The summed E-state index contributed by atoms with van der Waals surface area (Å²) in [6.45, 7) is 10.3. The van der Waals surface area contributed by atoms with Crippen LogP contribution in [0.2, 0.25) is 0 Å². The number of rotatable bonds is 6. The van der Waals surface area contributed by atoms with Crippen molar-refractivity contribution in [1.29, 1.82) is 0 Å². The molecule has 0 spiro atoms. The number of carbonyl (C=O) groups is 1. The number of nitrogens with one attached hydrogen (secondary N) is 1. The van der Waals surface area contributed by atoms with Gasteiger partial charge in [-0.15, -0.1) is 6.58 Å². The third-order valence-electron chi connectivity index (χ3n) is 3.32. The van der Waals surface area contributed by atoms with Crippen molar-refractivity contribution in [1.82, 2.24) is 5.48 Å². The van der Waals surface area contributed by atoms with Gasteiger partial charge in [-0.1, -0.05) is 33.3 Å². The van der Waals surface area contributed by atoms with E-state index in [2.05, 4.69) is 37.8 Å². The van der Waals surface area contributed by atoms with Crippen molar-refractivity contribution in [2.45, 2.75) is 46.5 Å². The van der Waals surface area contributed by atoms with Crippen molar-refractivity contribution in [3.63, 3.8) is 0 Å². The van der Waals surface area contributed by atoms with Crippen LogP contribution in [0.15, 0.2) is 28.9 Å². The Hall–Kier alpha value is -1.42. The van der Waals surface area contributed by atoms with Crippen LogP contribution in [0, 0.1) is 5.41 Å². The van der Waals surface area contributed by atoms with Crippen LogP contribution < -0.4 is 5.48 Å². The summed E-state index contributed by atoms with van der Waals surface area (Å²) in [6.07, 6.45) is 4.76. The zero-order valence-electron chi connectivity index (χ0n) is 13.1. The molecule has 0 aromatic rings. The third kappa shape index (κ3) is 4.30. The van der Waals surface area contributed by atoms with E-state index in [0.29, 0.717) is 13.0 Å². The molecular weight excluding hydrogens is 252 g/mol. The number of ketones is 1. The van der Waals surface area contributed by atoms with Crippen molar-refractivity contribution in [3.8, 4) is 0 Å². The number of allylic oxidation sites excluding steroid dienone is 2. The minimum Gasteiger partial charge on any atom is -0.294 e. The maximum atomic E-state index is 12.5. The highest BCUT2D eigenvalue weighted by atomic mass is 16.6. The first-order valence-corrected chi connectivity index (χ1v) is 7.16. The van der Waals surface area contributed by atoms with Crippen LogP contribution in [0.3, 0.4) is 0 Å². The van der Waals surface area contributed by atoms with Gasteiger partial charge in [0.15, 0.2) is 5.78 Å². The molecule has 0 unspecified atom stereocenters. The lowest BCUT2D eigenvalue weighted by Gasteiger charge is -2.32. The number of aliphatic imine (C=N–C) groups is 1. The maximum Gasteiger partial charge on any atom is 0.167 e. The van der Waals surface area contributed by atoms with E-state index in [9.17, 15) is 4.79 Å². The first-order chi connectivity index (χ1) is 9.45. The molecule has 1 rings (SSSR count). The lowest BCUT2D eigenvalue weighted by atomic mass is 9.73. The quantitative estimate of drug-likeness (QED) is 0.351. The predicted octanol–water partition coefficient (Wildman–Crippen LogP) is 3.21. The second kappa shape index (κ2) is 7.39. The van der Waals surface area contributed by atoms with E-state index in [1.165, 1.54) is 0 Å². The molecule has 0 saturated heterocycles. The van der Waals surface area contributed by atoms with Gasteiger partial charge < -0.3 is 0 Å². The molecule has 0 radical (unpaired) electrons. The summed E-state index contributed by atoms with van der Waals surface area (Å²) >= 11 is 0. The molecule has 0 aliphatic heterocycles. The van der Waals surface area contributed by atoms with Gasteiger partial charge in [-0.3, -0.25) is 20.1 Å². The fourth-order valence-corrected chi connectivity index (χ4v) is 2.49. The minimum absolute atomic E-state index is 0.0191. The van der Waals surface area contributed by atoms with Gasteiger partial charge in [0.05, 0.1) is 17.9 Å². The number of nitrogens with zero attached hydrogens (tertiary/aromatic N) is 1. The summed E-state index contributed by atoms with van der Waals surface area (Å²) in [5.74, 6) is 0.153. The summed E-state index contributed by atoms with van der Waals surface area (Å²) < 4.78 is 0. The van der Waals surface area contributed by atoms with Crippen molar-refractivity contribution in [3.05, 3.63) is 23.9 Å². The molecule has 1 N–H and O–H groups in total. The topological polar surface area (TPSA) is 50.7 Å². The van der Waals surface area contributed by atoms with Crippen LogP contribution in [-0.4, -0.2) is 25.1 Å². The van der Waals surface area contributed by atoms with Gasteiger partial charge in [-0.2, -0.15) is 0 Å². The number of hydrogen-bond donors (Lipinski definition) is 1. The van der Waals surface area contributed by atoms with Gasteiger partial charge in [0, 0.05) is 19.2 Å². The van der Waals surface area contributed by atoms with Gasteiger partial charge in [0.2, 0.25) is 0 Å². The van der Waals surface area contributed by atoms with E-state index in [-0.39, 0.29) is 11.2 Å². The molecular formula is C16H26N2O2. The first kappa shape index (κ1) is 16.6. The van der Waals surface area contributed by atoms with Crippen molar-refractivity contribution in [2.24, 2.45) is 10.4 Å². The van der Waals surface area contributed by atoms with E-state index in [1.54, 1.807) is 13.1 Å². The zero-order chi connectivity index (χ0) is 15.2. The largest absolute Gasteiger partial charge is 0.294 e. The standard InChI is InChI=1S/C16H26N2O2/c1-6-8-12(18-20-9-7-2)15-13(17-5)10-16(3,4)11-14(15)19/h7,18H,2,6,8-11H2,1,3-5H3/b15-12-,17-13?. The molecule has 1 fully saturated rings. The van der Waals surface area contributed by atoms with Gasteiger partial charge in [0.1, 0.15) is 0 Å². The molecule has 4 nitrogen and oxygen atoms in total. The number of hydrogen-bond acceptors (Lipinski definition) is 4. The van der Waals surface area contributed by atoms with E-state index >= 15 is 0 Å². The monoisotopic (exact) mass is 278 g/mol. The van der Waals surface area contributed by atoms with E-state index in [4.69, 9.17) is 4.84 Å². The Labute approximate surface area is 122 Å². The molecule has 0 aromatic carbocycles. The number of Topliss-reactive ketones (excluding diaryl/α,β-unsaturated/α-hetero) is 1. The molecule has 0 bridgehead atoms. The van der Waals surface area contributed by atoms with Crippen LogP contribution in [0.5, 0.6) is 0 Å². The predicted molar refractivity (Wildman–Crippen MR) is 82.6 cm³/mol. The van der Waals surface area contributed by atoms with Crippen LogP contribution in [0.1, 0.15) is 46.5 Å². The van der Waals surface area contributed by atoms with Crippen LogP contribution in [-0.2, 0) is 9.63 Å². The average Bonchev–Trinajstić information content (AvgIpc) is 2.36. The summed E-state index contributed by atoms with van der Waals surface area (Å²) in [6, 6.07) is 0. The second-order valence-corrected chi connectivity index (χ2v) is 5.92. The first-order valence-electron chi connectivity index (χ1n) is 7.16. The molecule has 1 saturated carbocycles. The van der Waals surface area contributed by atoms with Crippen molar-refractivity contribution < 1.29 is 9.63 Å². The second-order valence-electron chi connectivity index (χ2n) is 5.92. The lowest BCUT2D eigenvalue weighted by molar-refractivity contribution is -0.117. The van der Waals surface area contributed by atoms with Gasteiger partial charge in [-0.25, -0.2) is 0 Å². The maximum absolute atomic E-state index is 12.5. The molecule has 112 valence electrons. The normalized spacial score (nSPS) is 22.8. The molecule has 4 heteroatoms. The fourth-order valence-electron chi connectivity index (χ4n) is 2.49. The van der Waals surface area contributed by atoms with E-state index in [0.717, 1.165) is 36.2 Å². The Morgan fingerprint density at radius 3 is 2.75 bits per heavy atom. The Balaban J connectivity index is 3.08. The summed E-state index contributed by atoms with van der Waals surface area (Å²) in [5.41, 5.74) is 5.34. The average molecular weight is 278 g/mol. The molecule has 0 heterocycles. The third-order valence-corrected chi connectivity index (χ3v) is 3.32. The Morgan fingerprint density at radius 2 is 2.20 bits per heavy atom. The van der Waals surface area contributed by atoms with Crippen molar-refractivity contribution >= 4 is 11.5 Å². The van der Waals surface area contributed by atoms with Crippen LogP contribution in [0.4, 0.5) is 0 Å². The molecule has 1 aliphatic rings. The van der Waals surface area contributed by atoms with Gasteiger partial charge >= 0.3 is 0 Å². The van der Waals surface area contributed by atoms with E-state index in [1.807, 2.05) is 0 Å². The molecule has 0 atom stereocenters.